The zero-order valence-corrected chi connectivity index (χ0v) is 12.9. The Bertz CT molecular complexity index is 252. The molecule has 0 aromatic heterocycles. The molecule has 0 heterocycles. The smallest absolute Gasteiger partial charge is 0.0270 e. The minimum Gasteiger partial charge on any atom is -0.0622 e. The lowest BCUT2D eigenvalue weighted by molar-refractivity contribution is -0.0192. The third-order valence-corrected chi connectivity index (χ3v) is 5.82. The van der Waals surface area contributed by atoms with Gasteiger partial charge in [0.2, 0.25) is 0 Å². The molecule has 0 saturated heterocycles. The summed E-state index contributed by atoms with van der Waals surface area (Å²) in [6, 6.07) is 0. The van der Waals surface area contributed by atoms with E-state index in [0.717, 1.165) is 17.8 Å². The Labute approximate surface area is 103 Å². The van der Waals surface area contributed by atoms with E-state index in [4.69, 9.17) is 0 Å². The van der Waals surface area contributed by atoms with Gasteiger partial charge in [0.15, 0.2) is 0 Å². The van der Waals surface area contributed by atoms with Crippen LogP contribution in [-0.2, 0) is 0 Å². The van der Waals surface area contributed by atoms with Gasteiger partial charge in [0.1, 0.15) is 0 Å². The Morgan fingerprint density at radius 2 is 1.38 bits per heavy atom. The summed E-state index contributed by atoms with van der Waals surface area (Å²) in [7, 11) is 0. The molecular weight excluding hydrogens is 192 g/mol. The van der Waals surface area contributed by atoms with E-state index < -0.39 is 0 Å². The van der Waals surface area contributed by atoms with Gasteiger partial charge in [0, 0.05) is 0 Å². The monoisotopic (exact) mass is 224 g/mol. The van der Waals surface area contributed by atoms with E-state index in [0.29, 0.717) is 16.2 Å². The second kappa shape index (κ2) is 3.75. The molecule has 0 N–H and O–H groups in total. The van der Waals surface area contributed by atoms with Crippen LogP contribution in [0.25, 0.3) is 0 Å². The van der Waals surface area contributed by atoms with Gasteiger partial charge in [0.25, 0.3) is 0 Å². The standard InChI is InChI=1S/C16H32/c1-11-10-15(6,7)13(12(11)2)16(8,9)14(3,4)5/h11-13H,10H2,1-9H3. The molecule has 0 aliphatic heterocycles. The second-order valence-corrected chi connectivity index (χ2v) is 8.48. The Morgan fingerprint density at radius 3 is 1.62 bits per heavy atom. The molecule has 0 heteroatoms. The van der Waals surface area contributed by atoms with Crippen LogP contribution in [-0.4, -0.2) is 0 Å². The van der Waals surface area contributed by atoms with Crippen LogP contribution in [0, 0.1) is 34.0 Å². The molecule has 1 saturated carbocycles. The van der Waals surface area contributed by atoms with Crippen molar-refractivity contribution in [3.8, 4) is 0 Å². The van der Waals surface area contributed by atoms with Crippen molar-refractivity contribution in [3.05, 3.63) is 0 Å². The van der Waals surface area contributed by atoms with Crippen molar-refractivity contribution in [2.24, 2.45) is 34.0 Å². The maximum absolute atomic E-state index is 2.48. The van der Waals surface area contributed by atoms with Gasteiger partial charge >= 0.3 is 0 Å². The van der Waals surface area contributed by atoms with Gasteiger partial charge in [0.05, 0.1) is 0 Å². The van der Waals surface area contributed by atoms with Crippen molar-refractivity contribution in [1.29, 1.82) is 0 Å². The highest BCUT2D eigenvalue weighted by molar-refractivity contribution is 5.02. The second-order valence-electron chi connectivity index (χ2n) is 8.48. The fourth-order valence-corrected chi connectivity index (χ4v) is 4.28. The molecule has 1 fully saturated rings. The molecule has 1 rings (SSSR count). The highest BCUT2D eigenvalue weighted by Gasteiger charge is 2.54. The first-order valence-corrected chi connectivity index (χ1v) is 6.91. The quantitative estimate of drug-likeness (QED) is 0.561. The third kappa shape index (κ3) is 2.05. The van der Waals surface area contributed by atoms with Crippen LogP contribution in [0.2, 0.25) is 0 Å². The largest absolute Gasteiger partial charge is 0.0622 e. The Kier molecular flexibility index (Phi) is 3.30. The molecule has 0 amide bonds. The van der Waals surface area contributed by atoms with E-state index in [1.54, 1.807) is 0 Å². The van der Waals surface area contributed by atoms with Gasteiger partial charge in [-0.25, -0.2) is 0 Å². The van der Waals surface area contributed by atoms with E-state index in [1.165, 1.54) is 6.42 Å². The molecule has 0 aromatic rings. The maximum atomic E-state index is 2.48. The molecule has 0 radical (unpaired) electrons. The van der Waals surface area contributed by atoms with Crippen LogP contribution in [0.1, 0.15) is 68.7 Å². The molecule has 3 unspecified atom stereocenters. The average molecular weight is 224 g/mol. The van der Waals surface area contributed by atoms with Crippen molar-refractivity contribution in [2.75, 3.05) is 0 Å². The number of rotatable bonds is 1. The summed E-state index contributed by atoms with van der Waals surface area (Å²) >= 11 is 0. The van der Waals surface area contributed by atoms with Gasteiger partial charge in [-0.1, -0.05) is 62.3 Å². The number of hydrogen-bond donors (Lipinski definition) is 0. The fraction of sp³-hybridized carbons (Fsp3) is 1.00. The zero-order chi connectivity index (χ0) is 12.9. The molecule has 16 heavy (non-hydrogen) atoms. The summed E-state index contributed by atoms with van der Waals surface area (Å²) in [6.45, 7) is 22.0. The lowest BCUT2D eigenvalue weighted by Gasteiger charge is -2.50. The Morgan fingerprint density at radius 1 is 0.938 bits per heavy atom. The summed E-state index contributed by atoms with van der Waals surface area (Å²) in [6.07, 6.45) is 1.39. The van der Waals surface area contributed by atoms with Crippen LogP contribution in [0.15, 0.2) is 0 Å². The fourth-order valence-electron chi connectivity index (χ4n) is 4.28. The van der Waals surface area contributed by atoms with Crippen LogP contribution >= 0.6 is 0 Å². The molecule has 0 nitrogen and oxygen atoms in total. The maximum Gasteiger partial charge on any atom is -0.0270 e. The average Bonchev–Trinajstić information content (AvgIpc) is 2.18. The molecule has 0 bridgehead atoms. The van der Waals surface area contributed by atoms with Gasteiger partial charge in [-0.15, -0.1) is 0 Å². The molecule has 0 aromatic carbocycles. The lowest BCUT2D eigenvalue weighted by Crippen LogP contribution is -2.44. The molecule has 1 aliphatic carbocycles. The first kappa shape index (κ1) is 14.1. The summed E-state index contributed by atoms with van der Waals surface area (Å²) in [5.41, 5.74) is 1.28. The van der Waals surface area contributed by atoms with Crippen LogP contribution in [0.3, 0.4) is 0 Å². The third-order valence-electron chi connectivity index (χ3n) is 5.82. The Balaban J connectivity index is 3.12. The van der Waals surface area contributed by atoms with Crippen LogP contribution in [0.5, 0.6) is 0 Å². The summed E-state index contributed by atoms with van der Waals surface area (Å²) in [5.74, 6) is 2.56. The predicted molar refractivity (Wildman–Crippen MR) is 73.5 cm³/mol. The first-order valence-electron chi connectivity index (χ1n) is 6.91. The first-order chi connectivity index (χ1) is 6.91. The molecular formula is C16H32. The minimum absolute atomic E-state index is 0.382. The van der Waals surface area contributed by atoms with E-state index in [2.05, 4.69) is 62.3 Å². The highest BCUT2D eigenvalue weighted by atomic mass is 14.6. The van der Waals surface area contributed by atoms with Crippen molar-refractivity contribution in [2.45, 2.75) is 68.7 Å². The van der Waals surface area contributed by atoms with Gasteiger partial charge in [-0.2, -0.15) is 0 Å². The Hall–Kier alpha value is 0. The topological polar surface area (TPSA) is 0 Å². The zero-order valence-electron chi connectivity index (χ0n) is 12.9. The molecule has 1 aliphatic rings. The minimum atomic E-state index is 0.382. The lowest BCUT2D eigenvalue weighted by atomic mass is 9.54. The van der Waals surface area contributed by atoms with Crippen molar-refractivity contribution in [1.82, 2.24) is 0 Å². The van der Waals surface area contributed by atoms with E-state index in [-0.39, 0.29) is 0 Å². The summed E-state index contributed by atoms with van der Waals surface area (Å²) in [4.78, 5) is 0. The number of hydrogen-bond acceptors (Lipinski definition) is 0. The molecule has 3 atom stereocenters. The van der Waals surface area contributed by atoms with Crippen molar-refractivity contribution in [3.63, 3.8) is 0 Å². The SMILES string of the molecule is CC1CC(C)(C)C(C(C)(C)C(C)(C)C)C1C. The molecule has 96 valence electrons. The van der Waals surface area contributed by atoms with Crippen LogP contribution in [0.4, 0.5) is 0 Å². The van der Waals surface area contributed by atoms with Gasteiger partial charge in [-0.3, -0.25) is 0 Å². The van der Waals surface area contributed by atoms with E-state index in [9.17, 15) is 0 Å². The van der Waals surface area contributed by atoms with Crippen molar-refractivity contribution < 1.29 is 0 Å². The van der Waals surface area contributed by atoms with Gasteiger partial charge in [-0.05, 0) is 40.4 Å². The van der Waals surface area contributed by atoms with E-state index in [1.807, 2.05) is 0 Å². The van der Waals surface area contributed by atoms with E-state index >= 15 is 0 Å². The predicted octanol–water partition coefficient (Wildman–Crippen LogP) is 5.38. The van der Waals surface area contributed by atoms with Crippen molar-refractivity contribution >= 4 is 0 Å². The summed E-state index contributed by atoms with van der Waals surface area (Å²) < 4.78 is 0. The van der Waals surface area contributed by atoms with Gasteiger partial charge < -0.3 is 0 Å². The normalized spacial score (nSPS) is 35.4. The van der Waals surface area contributed by atoms with Crippen LogP contribution < -0.4 is 0 Å². The highest BCUT2D eigenvalue weighted by Crippen LogP contribution is 2.61. The summed E-state index contributed by atoms with van der Waals surface area (Å²) in [5, 5.41) is 0. The molecule has 0 spiro atoms.